The van der Waals surface area contributed by atoms with Gasteiger partial charge in [0, 0.05) is 12.3 Å². The highest BCUT2D eigenvalue weighted by Gasteiger charge is 2.30. The Bertz CT molecular complexity index is 1140. The molecule has 1 N–H and O–H groups in total. The summed E-state index contributed by atoms with van der Waals surface area (Å²) in [6.45, 7) is 1.77. The van der Waals surface area contributed by atoms with Crippen molar-refractivity contribution in [1.29, 1.82) is 0 Å². The Morgan fingerprint density at radius 2 is 1.87 bits per heavy atom. The number of alkyl halides is 3. The van der Waals surface area contributed by atoms with E-state index in [1.165, 1.54) is 42.1 Å². The van der Waals surface area contributed by atoms with Gasteiger partial charge in [0.2, 0.25) is 0 Å². The number of amides is 1. The zero-order valence-electron chi connectivity index (χ0n) is 16.3. The fraction of sp³-hybridized carbons (Fsp3) is 0.182. The number of pyridine rings is 1. The summed E-state index contributed by atoms with van der Waals surface area (Å²) in [5, 5.41) is 2.73. The Morgan fingerprint density at radius 3 is 2.57 bits per heavy atom. The Kier molecular flexibility index (Phi) is 5.96. The average Bonchev–Trinajstić information content (AvgIpc) is 2.69. The molecule has 0 unspecified atom stereocenters. The van der Waals surface area contributed by atoms with Crippen LogP contribution in [-0.2, 0) is 12.7 Å². The third kappa shape index (κ3) is 4.89. The molecule has 0 bridgehead atoms. The summed E-state index contributed by atoms with van der Waals surface area (Å²) in [6, 6.07) is 12.6. The lowest BCUT2D eigenvalue weighted by molar-refractivity contribution is -0.137. The lowest BCUT2D eigenvalue weighted by atomic mass is 10.1. The van der Waals surface area contributed by atoms with Crippen LogP contribution in [-0.4, -0.2) is 17.6 Å². The Morgan fingerprint density at radius 1 is 1.10 bits per heavy atom. The monoisotopic (exact) mass is 416 g/mol. The van der Waals surface area contributed by atoms with Crippen LogP contribution in [0, 0.1) is 6.92 Å². The number of aryl methyl sites for hydroxylation is 1. The van der Waals surface area contributed by atoms with Crippen LogP contribution in [0.15, 0.2) is 65.6 Å². The first kappa shape index (κ1) is 21.2. The molecule has 0 aliphatic heterocycles. The van der Waals surface area contributed by atoms with Crippen LogP contribution in [0.3, 0.4) is 0 Å². The zero-order valence-corrected chi connectivity index (χ0v) is 16.3. The summed E-state index contributed by atoms with van der Waals surface area (Å²) in [4.78, 5) is 24.8. The van der Waals surface area contributed by atoms with E-state index < -0.39 is 23.2 Å². The third-order valence-electron chi connectivity index (χ3n) is 4.46. The second-order valence-corrected chi connectivity index (χ2v) is 6.74. The van der Waals surface area contributed by atoms with Gasteiger partial charge in [-0.1, -0.05) is 18.2 Å². The van der Waals surface area contributed by atoms with Gasteiger partial charge in [-0.2, -0.15) is 13.2 Å². The van der Waals surface area contributed by atoms with E-state index in [9.17, 15) is 22.8 Å². The maximum absolute atomic E-state index is 12.9. The van der Waals surface area contributed by atoms with Gasteiger partial charge in [0.1, 0.15) is 5.75 Å². The molecule has 2 aromatic carbocycles. The number of nitrogens with zero attached hydrogens (tertiary/aromatic N) is 1. The molecule has 0 atom stereocenters. The number of hydrogen-bond donors (Lipinski definition) is 1. The van der Waals surface area contributed by atoms with E-state index in [0.29, 0.717) is 17.0 Å². The number of benzene rings is 2. The van der Waals surface area contributed by atoms with Gasteiger partial charge in [0.25, 0.3) is 11.5 Å². The van der Waals surface area contributed by atoms with E-state index in [-0.39, 0.29) is 12.1 Å². The SMILES string of the molecule is COc1ccc(C)cc1NC(=O)c1ccc(=O)n(Cc2cccc(C(F)(F)F)c2)c1. The first-order chi connectivity index (χ1) is 14.2. The number of hydrogen-bond acceptors (Lipinski definition) is 3. The average molecular weight is 416 g/mol. The van der Waals surface area contributed by atoms with Gasteiger partial charge >= 0.3 is 6.18 Å². The van der Waals surface area contributed by atoms with Gasteiger partial charge in [-0.25, -0.2) is 0 Å². The number of carbonyl (C=O) groups excluding carboxylic acids is 1. The fourth-order valence-corrected chi connectivity index (χ4v) is 2.95. The van der Waals surface area contributed by atoms with E-state index in [0.717, 1.165) is 17.7 Å². The fourth-order valence-electron chi connectivity index (χ4n) is 2.95. The second-order valence-electron chi connectivity index (χ2n) is 6.74. The Hall–Kier alpha value is -3.55. The van der Waals surface area contributed by atoms with E-state index in [2.05, 4.69) is 5.32 Å². The molecule has 0 aliphatic carbocycles. The summed E-state index contributed by atoms with van der Waals surface area (Å²) in [6.07, 6.45) is -3.16. The van der Waals surface area contributed by atoms with Crippen molar-refractivity contribution in [2.24, 2.45) is 0 Å². The zero-order chi connectivity index (χ0) is 21.9. The molecule has 0 aliphatic rings. The van der Waals surface area contributed by atoms with Gasteiger partial charge in [0.05, 0.1) is 30.5 Å². The normalized spacial score (nSPS) is 11.2. The molecule has 0 saturated heterocycles. The van der Waals surface area contributed by atoms with E-state index in [4.69, 9.17) is 4.74 Å². The van der Waals surface area contributed by atoms with Crippen LogP contribution in [0.2, 0.25) is 0 Å². The highest BCUT2D eigenvalue weighted by Crippen LogP contribution is 2.29. The van der Waals surface area contributed by atoms with Crippen LogP contribution in [0.1, 0.15) is 27.0 Å². The number of aromatic nitrogens is 1. The molecular weight excluding hydrogens is 397 g/mol. The van der Waals surface area contributed by atoms with Gasteiger partial charge < -0.3 is 14.6 Å². The maximum Gasteiger partial charge on any atom is 0.416 e. The predicted octanol–water partition coefficient (Wildman–Crippen LogP) is 4.48. The predicted molar refractivity (Wildman–Crippen MR) is 107 cm³/mol. The van der Waals surface area contributed by atoms with Crippen LogP contribution in [0.5, 0.6) is 5.75 Å². The summed E-state index contributed by atoms with van der Waals surface area (Å²) >= 11 is 0. The Balaban J connectivity index is 1.86. The number of halogens is 3. The van der Waals surface area contributed by atoms with Crippen LogP contribution >= 0.6 is 0 Å². The van der Waals surface area contributed by atoms with Crippen molar-refractivity contribution in [2.75, 3.05) is 12.4 Å². The van der Waals surface area contributed by atoms with Crippen LogP contribution in [0.4, 0.5) is 18.9 Å². The first-order valence-electron chi connectivity index (χ1n) is 9.00. The van der Waals surface area contributed by atoms with Crippen LogP contribution < -0.4 is 15.6 Å². The number of rotatable bonds is 5. The lowest BCUT2D eigenvalue weighted by Crippen LogP contribution is -2.23. The van der Waals surface area contributed by atoms with Crippen molar-refractivity contribution >= 4 is 11.6 Å². The standard InChI is InChI=1S/C22H19F3N2O3/c1-14-6-8-19(30-2)18(10-14)26-21(29)16-7-9-20(28)27(13-16)12-15-4-3-5-17(11-15)22(23,24)25/h3-11,13H,12H2,1-2H3,(H,26,29). The lowest BCUT2D eigenvalue weighted by Gasteiger charge is -2.13. The summed E-state index contributed by atoms with van der Waals surface area (Å²) in [7, 11) is 1.48. The molecule has 156 valence electrons. The largest absolute Gasteiger partial charge is 0.495 e. The molecule has 3 aromatic rings. The van der Waals surface area contributed by atoms with Crippen molar-refractivity contribution < 1.29 is 22.7 Å². The molecule has 1 aromatic heterocycles. The minimum atomic E-state index is -4.48. The molecule has 30 heavy (non-hydrogen) atoms. The number of nitrogens with one attached hydrogen (secondary N) is 1. The van der Waals surface area contributed by atoms with Gasteiger partial charge in [0.15, 0.2) is 0 Å². The summed E-state index contributed by atoms with van der Waals surface area (Å²) < 4.78 is 45.2. The highest BCUT2D eigenvalue weighted by molar-refractivity contribution is 6.04. The minimum Gasteiger partial charge on any atom is -0.495 e. The van der Waals surface area contributed by atoms with Gasteiger partial charge in [-0.3, -0.25) is 9.59 Å². The van der Waals surface area contributed by atoms with E-state index >= 15 is 0 Å². The molecule has 0 fully saturated rings. The molecule has 5 nitrogen and oxygen atoms in total. The maximum atomic E-state index is 12.9. The molecule has 0 saturated carbocycles. The number of anilines is 1. The first-order valence-corrected chi connectivity index (χ1v) is 9.00. The van der Waals surface area contributed by atoms with E-state index in [1.54, 1.807) is 12.1 Å². The molecule has 3 rings (SSSR count). The summed E-state index contributed by atoms with van der Waals surface area (Å²) in [5.74, 6) is 0.00271. The smallest absolute Gasteiger partial charge is 0.416 e. The molecule has 1 heterocycles. The third-order valence-corrected chi connectivity index (χ3v) is 4.46. The molecule has 0 spiro atoms. The minimum absolute atomic E-state index is 0.0996. The highest BCUT2D eigenvalue weighted by atomic mass is 19.4. The molecular formula is C22H19F3N2O3. The van der Waals surface area contributed by atoms with Gasteiger partial charge in [-0.15, -0.1) is 0 Å². The molecule has 8 heteroatoms. The van der Waals surface area contributed by atoms with Crippen molar-refractivity contribution in [2.45, 2.75) is 19.6 Å². The van der Waals surface area contributed by atoms with Gasteiger partial charge in [-0.05, 0) is 48.4 Å². The summed E-state index contributed by atoms with van der Waals surface area (Å²) in [5.41, 5.74) is 0.638. The second kappa shape index (κ2) is 8.44. The van der Waals surface area contributed by atoms with Crippen LogP contribution in [0.25, 0.3) is 0 Å². The van der Waals surface area contributed by atoms with Crippen molar-refractivity contribution in [3.63, 3.8) is 0 Å². The number of carbonyl (C=O) groups is 1. The molecule has 1 amide bonds. The quantitative estimate of drug-likeness (QED) is 0.667. The Labute approximate surface area is 170 Å². The number of ether oxygens (including phenoxy) is 1. The van der Waals surface area contributed by atoms with Crippen molar-refractivity contribution in [1.82, 2.24) is 4.57 Å². The van der Waals surface area contributed by atoms with Crippen molar-refractivity contribution in [3.05, 3.63) is 93.4 Å². The number of methoxy groups -OCH3 is 1. The van der Waals surface area contributed by atoms with Crippen molar-refractivity contribution in [3.8, 4) is 5.75 Å². The molecule has 0 radical (unpaired) electrons. The van der Waals surface area contributed by atoms with E-state index in [1.807, 2.05) is 13.0 Å². The topological polar surface area (TPSA) is 60.3 Å².